The van der Waals surface area contributed by atoms with Crippen LogP contribution in [-0.2, 0) is 43.7 Å². The Morgan fingerprint density at radius 3 is 2.23 bits per heavy atom. The van der Waals surface area contributed by atoms with Crippen LogP contribution in [0.15, 0.2) is 84.6 Å². The number of halogens is 3. The lowest BCUT2D eigenvalue weighted by atomic mass is 9.85. The van der Waals surface area contributed by atoms with E-state index in [1.807, 2.05) is 80.9 Å². The van der Waals surface area contributed by atoms with Crippen LogP contribution < -0.4 is 25.6 Å². The first-order valence-electron chi connectivity index (χ1n) is 31.6. The SMILES string of the molecule is COCCNC(=O)CCC(=O)OC[C@H](NC(=O)[C@@H]1C[C@@H](O)CN1C(=O)[C@@H](NC(=O)CN1CCC(CN2CCN(c3ccc(-c4cnc5[nH]cc(C(=O)c6c(F)ccc(NS(=O)(=O)N7CC[C@@H](F)C7)c6F)c5c4)cc3)CC2)CC1)C(C)(C)C)c1ccc(-c2scnc2C)cc1. The van der Waals surface area contributed by atoms with Gasteiger partial charge in [0.2, 0.25) is 29.4 Å². The van der Waals surface area contributed by atoms with Crippen molar-refractivity contribution in [3.8, 4) is 21.6 Å². The second-order valence-electron chi connectivity index (χ2n) is 25.6. The number of aryl methyl sites for hydroxylation is 1. The number of thiazole rings is 1. The molecule has 23 nitrogen and oxygen atoms in total. The summed E-state index contributed by atoms with van der Waals surface area (Å²) in [5.41, 5.74) is 4.43. The molecule has 6 N–H and O–H groups in total. The molecule has 4 aliphatic heterocycles. The van der Waals surface area contributed by atoms with Gasteiger partial charge in [0.1, 0.15) is 36.3 Å². The van der Waals surface area contributed by atoms with Crippen molar-refractivity contribution in [3.05, 3.63) is 119 Å². The standard InChI is InChI=1S/C66H81F3N12O11S2/c1-40-61(93-39-73-40)44-8-6-43(7-9-44)53(38-92-57(85)17-16-55(83)70-21-29-91-5)74-64(87)54-31-48(82)36-81(54)65(88)62(66(2,3)4)75-56(84)37-77-22-18-41(19-23-77)34-78-25-27-79(28-26-78)47-12-10-42(11-13-47)45-30-49-50(33-72-63(49)71-32-45)60(86)58-51(68)14-15-52(59(58)69)76-94(89,90)80-24-20-46(67)35-80/h6-15,30,32-33,39,41,46,48,53-54,62,76,82H,16-29,31,34-38H2,1-5H3,(H,70,83)(H,71,72)(H,74,87)(H,75,84)/t46-,48-,53+,54+,62-/m1/s1. The van der Waals surface area contributed by atoms with Crippen LogP contribution in [0.4, 0.5) is 24.5 Å². The Morgan fingerprint density at radius 1 is 0.840 bits per heavy atom. The number of amides is 4. The van der Waals surface area contributed by atoms with Crippen LogP contribution in [0, 0.1) is 29.9 Å². The number of aliphatic hydroxyl groups is 1. The molecule has 3 aromatic heterocycles. The zero-order valence-corrected chi connectivity index (χ0v) is 54.9. The molecule has 94 heavy (non-hydrogen) atoms. The van der Waals surface area contributed by atoms with Gasteiger partial charge in [0.15, 0.2) is 5.82 Å². The molecular formula is C66H81F3N12O11S2. The first-order chi connectivity index (χ1) is 44.9. The number of carbonyl (C=O) groups is 6. The van der Waals surface area contributed by atoms with Gasteiger partial charge in [0, 0.05) is 113 Å². The van der Waals surface area contributed by atoms with E-state index in [0.29, 0.717) is 54.3 Å². The highest BCUT2D eigenvalue weighted by molar-refractivity contribution is 7.90. The first kappa shape index (κ1) is 69.0. The van der Waals surface area contributed by atoms with Gasteiger partial charge >= 0.3 is 16.2 Å². The maximum atomic E-state index is 15.9. The summed E-state index contributed by atoms with van der Waals surface area (Å²) in [5, 5.41) is 19.9. The summed E-state index contributed by atoms with van der Waals surface area (Å²) in [4.78, 5) is 103. The summed E-state index contributed by atoms with van der Waals surface area (Å²) in [5.74, 6) is -5.60. The molecule has 4 aliphatic rings. The molecule has 0 unspecified atom stereocenters. The maximum Gasteiger partial charge on any atom is 0.306 e. The molecule has 4 amide bonds. The van der Waals surface area contributed by atoms with Gasteiger partial charge in [-0.15, -0.1) is 11.3 Å². The topological polar surface area (TPSA) is 281 Å². The Kier molecular flexibility index (Phi) is 22.2. The molecule has 4 fully saturated rings. The number of rotatable bonds is 25. The van der Waals surface area contributed by atoms with E-state index in [2.05, 4.69) is 45.6 Å². The second kappa shape index (κ2) is 30.3. The van der Waals surface area contributed by atoms with E-state index < -0.39 is 99.0 Å². The number of H-pyrrole nitrogens is 1. The van der Waals surface area contributed by atoms with E-state index in [9.17, 15) is 46.7 Å². The van der Waals surface area contributed by atoms with Crippen LogP contribution in [0.1, 0.15) is 92.5 Å². The molecule has 504 valence electrons. The number of aromatic nitrogens is 3. The van der Waals surface area contributed by atoms with E-state index in [-0.39, 0.29) is 69.3 Å². The van der Waals surface area contributed by atoms with Crippen LogP contribution in [0.2, 0.25) is 0 Å². The van der Waals surface area contributed by atoms with Crippen molar-refractivity contribution in [3.63, 3.8) is 0 Å². The number of likely N-dealkylation sites (tertiary alicyclic amines) is 2. The van der Waals surface area contributed by atoms with E-state index in [0.717, 1.165) is 89.4 Å². The summed E-state index contributed by atoms with van der Waals surface area (Å²) in [7, 11) is -2.88. The molecule has 0 spiro atoms. The Balaban J connectivity index is 0.692. The number of nitrogens with zero attached hydrogens (tertiary/aromatic N) is 7. The number of anilines is 2. The molecule has 0 saturated carbocycles. The van der Waals surface area contributed by atoms with Crippen LogP contribution in [0.5, 0.6) is 0 Å². The average Bonchev–Trinajstić information content (AvgIpc) is 1.48. The Morgan fingerprint density at radius 2 is 1.56 bits per heavy atom. The third kappa shape index (κ3) is 16.8. The number of pyridine rings is 1. The number of fused-ring (bicyclic) bond motifs is 1. The highest BCUT2D eigenvalue weighted by Crippen LogP contribution is 2.34. The molecule has 3 aromatic carbocycles. The molecule has 28 heteroatoms. The quantitative estimate of drug-likeness (QED) is 0.0213. The average molecular weight is 1340 g/mol. The van der Waals surface area contributed by atoms with Gasteiger partial charge in [-0.05, 0) is 97.6 Å². The zero-order chi connectivity index (χ0) is 67.0. The van der Waals surface area contributed by atoms with Gasteiger partial charge in [-0.25, -0.2) is 23.1 Å². The molecule has 10 rings (SSSR count). The number of aromatic amines is 1. The number of piperidine rings is 1. The number of aliphatic hydroxyl groups excluding tert-OH is 1. The minimum Gasteiger partial charge on any atom is -0.463 e. The van der Waals surface area contributed by atoms with Crippen molar-refractivity contribution in [1.29, 1.82) is 0 Å². The minimum absolute atomic E-state index is 0.0147. The minimum atomic E-state index is -4.39. The number of ketones is 1. The number of hydrogen-bond donors (Lipinski definition) is 6. The number of hydrogen-bond acceptors (Lipinski definition) is 17. The lowest BCUT2D eigenvalue weighted by Gasteiger charge is -2.40. The van der Waals surface area contributed by atoms with Gasteiger partial charge in [0.05, 0.1) is 59.1 Å². The number of methoxy groups -OCH3 is 1. The number of nitrogens with one attached hydrogen (secondary N) is 5. The van der Waals surface area contributed by atoms with Gasteiger partial charge in [-0.1, -0.05) is 57.2 Å². The van der Waals surface area contributed by atoms with Crippen LogP contribution in [0.25, 0.3) is 32.6 Å². The fourth-order valence-corrected chi connectivity index (χ4v) is 14.6. The van der Waals surface area contributed by atoms with Crippen LogP contribution in [0.3, 0.4) is 0 Å². The molecule has 0 bridgehead atoms. The third-order valence-electron chi connectivity index (χ3n) is 17.8. The molecule has 5 atom stereocenters. The second-order valence-corrected chi connectivity index (χ2v) is 28.1. The number of β-amino-alcohol motifs (C(OH)–C–C–N with tert-alkyl or cyclic N) is 1. The Bertz CT molecular complexity index is 3820. The van der Waals surface area contributed by atoms with Gasteiger partial charge in [0.25, 0.3) is 0 Å². The zero-order valence-electron chi connectivity index (χ0n) is 53.3. The lowest BCUT2D eigenvalue weighted by Crippen LogP contribution is -2.59. The first-order valence-corrected chi connectivity index (χ1v) is 34.0. The summed E-state index contributed by atoms with van der Waals surface area (Å²) >= 11 is 1.49. The van der Waals surface area contributed by atoms with Crippen molar-refractivity contribution < 1.29 is 64.9 Å². The summed E-state index contributed by atoms with van der Waals surface area (Å²) in [6.07, 6.45) is 1.94. The fraction of sp³-hybridized carbons (Fsp3) is 0.485. The molecule has 6 aromatic rings. The van der Waals surface area contributed by atoms with Gasteiger partial charge < -0.3 is 45.3 Å². The lowest BCUT2D eigenvalue weighted by molar-refractivity contribution is -0.147. The largest absolute Gasteiger partial charge is 0.463 e. The smallest absolute Gasteiger partial charge is 0.306 e. The van der Waals surface area contributed by atoms with Crippen molar-refractivity contribution in [2.24, 2.45) is 11.3 Å². The fourth-order valence-electron chi connectivity index (χ4n) is 12.5. The highest BCUT2D eigenvalue weighted by Gasteiger charge is 2.45. The number of alkyl halides is 1. The summed E-state index contributed by atoms with van der Waals surface area (Å²) in [6.45, 7) is 12.8. The predicted molar refractivity (Wildman–Crippen MR) is 349 cm³/mol. The molecular weight excluding hydrogens is 1260 g/mol. The van der Waals surface area contributed by atoms with E-state index in [4.69, 9.17) is 9.47 Å². The Hall–Kier alpha value is -7.86. The Labute approximate surface area is 548 Å². The molecule has 4 saturated heterocycles. The van der Waals surface area contributed by atoms with E-state index in [1.54, 1.807) is 17.8 Å². The normalized spacial score (nSPS) is 19.3. The third-order valence-corrected chi connectivity index (χ3v) is 20.3. The van der Waals surface area contributed by atoms with Crippen molar-refractivity contribution >= 4 is 79.3 Å². The number of benzene rings is 3. The van der Waals surface area contributed by atoms with Crippen LogP contribution in [-0.4, -0.2) is 206 Å². The van der Waals surface area contributed by atoms with E-state index >= 15 is 8.78 Å². The van der Waals surface area contributed by atoms with Crippen LogP contribution >= 0.6 is 11.3 Å². The van der Waals surface area contributed by atoms with Crippen molar-refractivity contribution in [1.82, 2.24) is 49.9 Å². The van der Waals surface area contributed by atoms with Gasteiger partial charge in [-0.2, -0.15) is 12.7 Å². The van der Waals surface area contributed by atoms with Crippen molar-refractivity contribution in [2.75, 3.05) is 108 Å². The van der Waals surface area contributed by atoms with Crippen molar-refractivity contribution in [2.45, 2.75) is 96.6 Å². The number of piperazine rings is 1. The monoisotopic (exact) mass is 1340 g/mol. The highest BCUT2D eigenvalue weighted by atomic mass is 32.2. The van der Waals surface area contributed by atoms with E-state index in [1.165, 1.54) is 29.5 Å². The summed E-state index contributed by atoms with van der Waals surface area (Å²) in [6, 6.07) is 15.7. The number of esters is 1. The molecule has 7 heterocycles. The summed E-state index contributed by atoms with van der Waals surface area (Å²) < 4.78 is 84.2. The predicted octanol–water partition coefficient (Wildman–Crippen LogP) is 6.14. The number of carbonyl (C=O) groups excluding carboxylic acids is 6. The molecule has 0 aliphatic carbocycles. The van der Waals surface area contributed by atoms with Gasteiger partial charge in [-0.3, -0.25) is 43.3 Å². The molecule has 0 radical (unpaired) electrons. The number of ether oxygens (including phenoxy) is 2. The maximum absolute atomic E-state index is 15.9.